The summed E-state index contributed by atoms with van der Waals surface area (Å²) in [6.45, 7) is 0. The van der Waals surface area contributed by atoms with E-state index in [-0.39, 0.29) is 11.8 Å². The third-order valence-electron chi connectivity index (χ3n) is 3.80. The van der Waals surface area contributed by atoms with Gasteiger partial charge < -0.3 is 10.6 Å². The van der Waals surface area contributed by atoms with E-state index >= 15 is 0 Å². The van der Waals surface area contributed by atoms with E-state index in [0.29, 0.717) is 23.0 Å². The molecule has 0 aliphatic heterocycles. The zero-order chi connectivity index (χ0) is 17.2. The van der Waals surface area contributed by atoms with Crippen molar-refractivity contribution in [2.45, 2.75) is 18.9 Å². The molecule has 7 heteroatoms. The van der Waals surface area contributed by atoms with Crippen molar-refractivity contribution in [3.8, 4) is 10.6 Å². The Morgan fingerprint density at radius 3 is 2.76 bits per heavy atom. The number of carbonyl (C=O) groups excluding carboxylic acids is 2. The number of thiazole rings is 1. The summed E-state index contributed by atoms with van der Waals surface area (Å²) in [5.74, 6) is -0.385. The van der Waals surface area contributed by atoms with Crippen molar-refractivity contribution in [2.75, 3.05) is 5.32 Å². The Kier molecular flexibility index (Phi) is 4.33. The van der Waals surface area contributed by atoms with Crippen LogP contribution in [-0.2, 0) is 0 Å². The lowest BCUT2D eigenvalue weighted by Gasteiger charge is -2.07. The summed E-state index contributed by atoms with van der Waals surface area (Å²) >= 11 is 3.03. The minimum Gasteiger partial charge on any atom is -0.349 e. The average Bonchev–Trinajstić information content (AvgIpc) is 3.09. The summed E-state index contributed by atoms with van der Waals surface area (Å²) in [5.41, 5.74) is 2.52. The lowest BCUT2D eigenvalue weighted by molar-refractivity contribution is 0.0949. The molecule has 3 aromatic rings. The van der Waals surface area contributed by atoms with Crippen LogP contribution in [0.15, 0.2) is 46.5 Å². The van der Waals surface area contributed by atoms with Gasteiger partial charge in [-0.05, 0) is 42.5 Å². The number of nitrogens with one attached hydrogen (secondary N) is 2. The van der Waals surface area contributed by atoms with Crippen molar-refractivity contribution in [1.29, 1.82) is 0 Å². The first-order valence-electron chi connectivity index (χ1n) is 7.89. The molecule has 1 aliphatic carbocycles. The predicted octanol–water partition coefficient (Wildman–Crippen LogP) is 4.02. The third kappa shape index (κ3) is 3.78. The van der Waals surface area contributed by atoms with E-state index in [0.717, 1.165) is 23.4 Å². The summed E-state index contributed by atoms with van der Waals surface area (Å²) in [6.07, 6.45) is 2.08. The summed E-state index contributed by atoms with van der Waals surface area (Å²) in [5, 5.41) is 12.3. The Balaban J connectivity index is 1.46. The van der Waals surface area contributed by atoms with Gasteiger partial charge in [-0.1, -0.05) is 6.07 Å². The zero-order valence-corrected chi connectivity index (χ0v) is 14.8. The van der Waals surface area contributed by atoms with Crippen LogP contribution in [0.2, 0.25) is 0 Å². The van der Waals surface area contributed by atoms with Crippen LogP contribution < -0.4 is 10.6 Å². The molecular formula is C18H15N3O2S2. The van der Waals surface area contributed by atoms with Crippen LogP contribution in [0.4, 0.5) is 5.69 Å². The lowest BCUT2D eigenvalue weighted by atomic mass is 10.2. The number of rotatable bonds is 5. The van der Waals surface area contributed by atoms with Gasteiger partial charge >= 0.3 is 0 Å². The number of thiophene rings is 1. The molecule has 1 saturated carbocycles. The summed E-state index contributed by atoms with van der Waals surface area (Å²) < 4.78 is 0. The molecule has 0 bridgehead atoms. The standard InChI is InChI=1S/C18H15N3O2S2/c22-16(19-13-4-5-13)11-2-1-3-14(8-11)20-17(23)15-10-25-18(21-15)12-6-7-24-9-12/h1-3,6-10,13H,4-5H2,(H,19,22)(H,20,23). The highest BCUT2D eigenvalue weighted by Gasteiger charge is 2.23. The van der Waals surface area contributed by atoms with E-state index in [2.05, 4.69) is 15.6 Å². The van der Waals surface area contributed by atoms with Gasteiger partial charge in [0.25, 0.3) is 11.8 Å². The molecule has 25 heavy (non-hydrogen) atoms. The Bertz CT molecular complexity index is 914. The third-order valence-corrected chi connectivity index (χ3v) is 5.37. The molecule has 0 atom stereocenters. The quantitative estimate of drug-likeness (QED) is 0.714. The smallest absolute Gasteiger partial charge is 0.275 e. The maximum atomic E-state index is 12.4. The zero-order valence-electron chi connectivity index (χ0n) is 13.2. The molecule has 1 aromatic carbocycles. The highest BCUT2D eigenvalue weighted by atomic mass is 32.1. The van der Waals surface area contributed by atoms with Gasteiger partial charge in [-0.3, -0.25) is 9.59 Å². The molecule has 1 aliphatic rings. The molecule has 0 spiro atoms. The van der Waals surface area contributed by atoms with Crippen molar-refractivity contribution in [3.05, 3.63) is 57.7 Å². The van der Waals surface area contributed by atoms with Gasteiger partial charge in [-0.15, -0.1) is 11.3 Å². The van der Waals surface area contributed by atoms with Gasteiger partial charge in [0, 0.05) is 33.6 Å². The van der Waals surface area contributed by atoms with Crippen LogP contribution in [0.25, 0.3) is 10.6 Å². The number of carbonyl (C=O) groups is 2. The second-order valence-electron chi connectivity index (χ2n) is 5.83. The number of amides is 2. The Labute approximate surface area is 152 Å². The maximum absolute atomic E-state index is 12.4. The van der Waals surface area contributed by atoms with Crippen LogP contribution in [-0.4, -0.2) is 22.8 Å². The number of benzene rings is 1. The average molecular weight is 369 g/mol. The Morgan fingerprint density at radius 1 is 1.12 bits per heavy atom. The molecule has 5 nitrogen and oxygen atoms in total. The molecule has 1 fully saturated rings. The maximum Gasteiger partial charge on any atom is 0.275 e. The van der Waals surface area contributed by atoms with Crippen LogP contribution >= 0.6 is 22.7 Å². The topological polar surface area (TPSA) is 71.1 Å². The van der Waals surface area contributed by atoms with E-state index in [1.807, 2.05) is 16.8 Å². The Morgan fingerprint density at radius 2 is 2.00 bits per heavy atom. The largest absolute Gasteiger partial charge is 0.349 e. The molecule has 126 valence electrons. The summed E-state index contributed by atoms with van der Waals surface area (Å²) in [4.78, 5) is 28.9. The first-order chi connectivity index (χ1) is 12.2. The van der Waals surface area contributed by atoms with Crippen LogP contribution in [0.5, 0.6) is 0 Å². The first-order valence-corrected chi connectivity index (χ1v) is 9.72. The molecule has 4 rings (SSSR count). The fourth-order valence-corrected chi connectivity index (χ4v) is 3.84. The molecule has 0 radical (unpaired) electrons. The van der Waals surface area contributed by atoms with E-state index in [1.165, 1.54) is 11.3 Å². The molecule has 2 heterocycles. The van der Waals surface area contributed by atoms with Crippen molar-refractivity contribution >= 4 is 40.2 Å². The highest BCUT2D eigenvalue weighted by molar-refractivity contribution is 7.14. The van der Waals surface area contributed by atoms with Gasteiger partial charge in [0.05, 0.1) is 0 Å². The predicted molar refractivity (Wildman–Crippen MR) is 100 cm³/mol. The fourth-order valence-electron chi connectivity index (χ4n) is 2.33. The molecule has 2 amide bonds. The van der Waals surface area contributed by atoms with Gasteiger partial charge in [0.2, 0.25) is 0 Å². The summed E-state index contributed by atoms with van der Waals surface area (Å²) in [7, 11) is 0. The van der Waals surface area contributed by atoms with E-state index < -0.39 is 0 Å². The molecular weight excluding hydrogens is 354 g/mol. The SMILES string of the molecule is O=C(NC1CC1)c1cccc(NC(=O)c2csc(-c3ccsc3)n2)c1. The number of anilines is 1. The lowest BCUT2D eigenvalue weighted by Crippen LogP contribution is -2.25. The van der Waals surface area contributed by atoms with E-state index in [1.54, 1.807) is 41.0 Å². The number of aromatic nitrogens is 1. The second-order valence-corrected chi connectivity index (χ2v) is 7.47. The number of hydrogen-bond acceptors (Lipinski definition) is 5. The van der Waals surface area contributed by atoms with Gasteiger partial charge in [-0.2, -0.15) is 11.3 Å². The van der Waals surface area contributed by atoms with Crippen molar-refractivity contribution in [2.24, 2.45) is 0 Å². The van der Waals surface area contributed by atoms with Gasteiger partial charge in [0.1, 0.15) is 10.7 Å². The first kappa shape index (κ1) is 16.0. The minimum absolute atomic E-state index is 0.105. The van der Waals surface area contributed by atoms with Gasteiger partial charge in [-0.25, -0.2) is 4.98 Å². The number of hydrogen-bond donors (Lipinski definition) is 2. The van der Waals surface area contributed by atoms with Crippen molar-refractivity contribution < 1.29 is 9.59 Å². The van der Waals surface area contributed by atoms with E-state index in [4.69, 9.17) is 0 Å². The van der Waals surface area contributed by atoms with Crippen LogP contribution in [0.1, 0.15) is 33.7 Å². The van der Waals surface area contributed by atoms with Crippen molar-refractivity contribution in [3.63, 3.8) is 0 Å². The van der Waals surface area contributed by atoms with Crippen LogP contribution in [0, 0.1) is 0 Å². The monoisotopic (exact) mass is 369 g/mol. The van der Waals surface area contributed by atoms with Crippen LogP contribution in [0.3, 0.4) is 0 Å². The normalized spacial score (nSPS) is 13.4. The molecule has 2 aromatic heterocycles. The molecule has 2 N–H and O–H groups in total. The van der Waals surface area contributed by atoms with Gasteiger partial charge in [0.15, 0.2) is 0 Å². The minimum atomic E-state index is -0.280. The van der Waals surface area contributed by atoms with Crippen molar-refractivity contribution in [1.82, 2.24) is 10.3 Å². The molecule has 0 saturated heterocycles. The Hall–Kier alpha value is -2.51. The number of nitrogens with zero attached hydrogens (tertiary/aromatic N) is 1. The summed E-state index contributed by atoms with van der Waals surface area (Å²) in [6, 6.07) is 9.23. The van der Waals surface area contributed by atoms with E-state index in [9.17, 15) is 9.59 Å². The highest BCUT2D eigenvalue weighted by Crippen LogP contribution is 2.26. The second kappa shape index (κ2) is 6.78. The fraction of sp³-hybridized carbons (Fsp3) is 0.167. The molecule has 0 unspecified atom stereocenters.